The molecule has 7 nitrogen and oxygen atoms in total. The third-order valence-corrected chi connectivity index (χ3v) is 4.16. The van der Waals surface area contributed by atoms with Gasteiger partial charge in [0.25, 0.3) is 0 Å². The smallest absolute Gasteiger partial charge is 0.323 e. The summed E-state index contributed by atoms with van der Waals surface area (Å²) in [7, 11) is 1.38. The van der Waals surface area contributed by atoms with Gasteiger partial charge in [-0.05, 0) is 13.3 Å². The van der Waals surface area contributed by atoms with Gasteiger partial charge < -0.3 is 9.64 Å². The largest absolute Gasteiger partial charge is 0.468 e. The monoisotopic (exact) mass is 312 g/mol. The van der Waals surface area contributed by atoms with Crippen LogP contribution in [0.4, 0.5) is 9.93 Å². The van der Waals surface area contributed by atoms with Crippen LogP contribution >= 0.6 is 11.3 Å². The van der Waals surface area contributed by atoms with Crippen LogP contribution in [0.1, 0.15) is 12.1 Å². The Labute approximate surface area is 127 Å². The molecule has 1 aromatic rings. The quantitative estimate of drug-likeness (QED) is 0.848. The molecule has 2 rings (SSSR count). The number of aromatic nitrogens is 1. The molecule has 116 valence electrons. The van der Waals surface area contributed by atoms with Crippen LogP contribution < -0.4 is 5.32 Å². The second-order valence-corrected chi connectivity index (χ2v) is 5.78. The second kappa shape index (κ2) is 7.37. The third-order valence-electron chi connectivity index (χ3n) is 3.29. The van der Waals surface area contributed by atoms with Crippen molar-refractivity contribution in [3.63, 3.8) is 0 Å². The summed E-state index contributed by atoms with van der Waals surface area (Å²) in [5.74, 6) is -0.244. The lowest BCUT2D eigenvalue weighted by molar-refractivity contribution is -0.141. The number of rotatable bonds is 3. The van der Waals surface area contributed by atoms with Crippen LogP contribution in [0.3, 0.4) is 0 Å². The van der Waals surface area contributed by atoms with Gasteiger partial charge in [0.1, 0.15) is 0 Å². The zero-order chi connectivity index (χ0) is 15.2. The van der Waals surface area contributed by atoms with E-state index in [9.17, 15) is 9.59 Å². The topological polar surface area (TPSA) is 74.8 Å². The maximum absolute atomic E-state index is 12.2. The maximum Gasteiger partial charge on any atom is 0.323 e. The van der Waals surface area contributed by atoms with E-state index in [0.29, 0.717) is 24.8 Å². The summed E-state index contributed by atoms with van der Waals surface area (Å²) in [4.78, 5) is 31.5. The number of urea groups is 1. The molecule has 1 aliphatic heterocycles. The van der Waals surface area contributed by atoms with Gasteiger partial charge in [0, 0.05) is 31.6 Å². The highest BCUT2D eigenvalue weighted by Crippen LogP contribution is 2.15. The fraction of sp³-hybridized carbons (Fsp3) is 0.615. The minimum Gasteiger partial charge on any atom is -0.468 e. The Bertz CT molecular complexity index is 505. The Morgan fingerprint density at radius 1 is 1.38 bits per heavy atom. The summed E-state index contributed by atoms with van der Waals surface area (Å²) >= 11 is 1.42. The average molecular weight is 312 g/mol. The molecule has 21 heavy (non-hydrogen) atoms. The number of amides is 2. The maximum atomic E-state index is 12.2. The molecule has 2 amide bonds. The molecule has 0 aliphatic carbocycles. The van der Waals surface area contributed by atoms with Gasteiger partial charge in [0.15, 0.2) is 5.13 Å². The number of ether oxygens (including phenoxy) is 1. The van der Waals surface area contributed by atoms with Gasteiger partial charge in [-0.2, -0.15) is 0 Å². The molecule has 8 heteroatoms. The molecule has 1 fully saturated rings. The molecule has 1 N–H and O–H groups in total. The van der Waals surface area contributed by atoms with Crippen LogP contribution in [0.5, 0.6) is 0 Å². The van der Waals surface area contributed by atoms with Crippen molar-refractivity contribution in [2.24, 2.45) is 0 Å². The van der Waals surface area contributed by atoms with E-state index < -0.39 is 0 Å². The first-order chi connectivity index (χ1) is 10.1. The summed E-state index contributed by atoms with van der Waals surface area (Å²) in [5, 5.41) is 5.33. The fourth-order valence-electron chi connectivity index (χ4n) is 2.16. The standard InChI is InChI=1S/C13H20N4O3S/c1-10-9-21-12(14-10)15-13(19)17-5-3-4-16(6-7-17)8-11(18)20-2/h9H,3-8H2,1-2H3,(H,14,15,19). The highest BCUT2D eigenvalue weighted by molar-refractivity contribution is 7.13. The number of methoxy groups -OCH3 is 1. The number of hydrogen-bond donors (Lipinski definition) is 1. The number of nitrogens with zero attached hydrogens (tertiary/aromatic N) is 3. The Kier molecular flexibility index (Phi) is 5.51. The Balaban J connectivity index is 1.84. The minimum absolute atomic E-state index is 0.135. The third kappa shape index (κ3) is 4.68. The first-order valence-corrected chi connectivity index (χ1v) is 7.73. The van der Waals surface area contributed by atoms with E-state index in [1.165, 1.54) is 18.4 Å². The van der Waals surface area contributed by atoms with Crippen molar-refractivity contribution in [1.29, 1.82) is 0 Å². The summed E-state index contributed by atoms with van der Waals surface area (Å²) in [6.45, 7) is 4.89. The van der Waals surface area contributed by atoms with Gasteiger partial charge in [0.2, 0.25) is 0 Å². The van der Waals surface area contributed by atoms with Gasteiger partial charge >= 0.3 is 12.0 Å². The molecule has 1 aliphatic rings. The van der Waals surface area contributed by atoms with Crippen LogP contribution in [0.2, 0.25) is 0 Å². The lowest BCUT2D eigenvalue weighted by Crippen LogP contribution is -2.39. The second-order valence-electron chi connectivity index (χ2n) is 4.92. The van der Waals surface area contributed by atoms with E-state index in [0.717, 1.165) is 18.7 Å². The SMILES string of the molecule is COC(=O)CN1CCCN(C(=O)Nc2nc(C)cs2)CC1. The van der Waals surface area contributed by atoms with Crippen molar-refractivity contribution in [1.82, 2.24) is 14.8 Å². The molecule has 0 aromatic carbocycles. The molecular formula is C13H20N4O3S. The van der Waals surface area contributed by atoms with Crippen LogP contribution in [-0.2, 0) is 9.53 Å². The summed E-state index contributed by atoms with van der Waals surface area (Å²) in [5.41, 5.74) is 0.899. The van der Waals surface area contributed by atoms with Crippen molar-refractivity contribution in [3.05, 3.63) is 11.1 Å². The molecule has 0 spiro atoms. The molecular weight excluding hydrogens is 292 g/mol. The van der Waals surface area contributed by atoms with Crippen LogP contribution in [0.15, 0.2) is 5.38 Å². The normalized spacial score (nSPS) is 16.4. The van der Waals surface area contributed by atoms with E-state index in [2.05, 4.69) is 15.0 Å². The highest BCUT2D eigenvalue weighted by Gasteiger charge is 2.21. The van der Waals surface area contributed by atoms with Crippen molar-refractivity contribution >= 4 is 28.5 Å². The fourth-order valence-corrected chi connectivity index (χ4v) is 2.84. The van der Waals surface area contributed by atoms with Crippen LogP contribution in [0, 0.1) is 6.92 Å². The Morgan fingerprint density at radius 3 is 2.86 bits per heavy atom. The average Bonchev–Trinajstić information content (AvgIpc) is 2.73. The molecule has 0 saturated carbocycles. The zero-order valence-electron chi connectivity index (χ0n) is 12.3. The molecule has 1 aromatic heterocycles. The van der Waals surface area contributed by atoms with Crippen molar-refractivity contribution < 1.29 is 14.3 Å². The van der Waals surface area contributed by atoms with Crippen LogP contribution in [0.25, 0.3) is 0 Å². The first kappa shape index (κ1) is 15.7. The van der Waals surface area contributed by atoms with E-state index in [1.807, 2.05) is 17.2 Å². The molecule has 1 saturated heterocycles. The lowest BCUT2D eigenvalue weighted by Gasteiger charge is -2.21. The summed E-state index contributed by atoms with van der Waals surface area (Å²) in [6, 6.07) is -0.135. The van der Waals surface area contributed by atoms with Gasteiger partial charge in [-0.25, -0.2) is 9.78 Å². The number of thiazole rings is 1. The van der Waals surface area contributed by atoms with Crippen molar-refractivity contribution in [2.75, 3.05) is 45.2 Å². The molecule has 0 unspecified atom stereocenters. The van der Waals surface area contributed by atoms with Gasteiger partial charge in [-0.15, -0.1) is 11.3 Å². The summed E-state index contributed by atoms with van der Waals surface area (Å²) < 4.78 is 4.67. The number of anilines is 1. The number of aryl methyl sites for hydroxylation is 1. The summed E-state index contributed by atoms with van der Waals surface area (Å²) in [6.07, 6.45) is 0.835. The predicted octanol–water partition coefficient (Wildman–Crippen LogP) is 1.16. The number of hydrogen-bond acceptors (Lipinski definition) is 6. The Morgan fingerprint density at radius 2 is 2.19 bits per heavy atom. The van der Waals surface area contributed by atoms with Gasteiger partial charge in [-0.1, -0.05) is 0 Å². The van der Waals surface area contributed by atoms with E-state index in [4.69, 9.17) is 0 Å². The molecule has 2 heterocycles. The highest BCUT2D eigenvalue weighted by atomic mass is 32.1. The van der Waals surface area contributed by atoms with Gasteiger partial charge in [0.05, 0.1) is 19.3 Å². The number of carbonyl (C=O) groups excluding carboxylic acids is 2. The van der Waals surface area contributed by atoms with E-state index in [-0.39, 0.29) is 18.5 Å². The minimum atomic E-state index is -0.244. The van der Waals surface area contributed by atoms with Gasteiger partial charge in [-0.3, -0.25) is 15.0 Å². The number of esters is 1. The zero-order valence-corrected chi connectivity index (χ0v) is 13.1. The predicted molar refractivity (Wildman–Crippen MR) is 80.5 cm³/mol. The Hall–Kier alpha value is -1.67. The van der Waals surface area contributed by atoms with Crippen molar-refractivity contribution in [3.8, 4) is 0 Å². The van der Waals surface area contributed by atoms with Crippen molar-refractivity contribution in [2.45, 2.75) is 13.3 Å². The first-order valence-electron chi connectivity index (χ1n) is 6.85. The molecule has 0 radical (unpaired) electrons. The number of nitrogens with one attached hydrogen (secondary N) is 1. The van der Waals surface area contributed by atoms with E-state index in [1.54, 1.807) is 4.90 Å². The van der Waals surface area contributed by atoms with Crippen LogP contribution in [-0.4, -0.2) is 66.6 Å². The number of carbonyl (C=O) groups is 2. The lowest BCUT2D eigenvalue weighted by atomic mass is 10.4. The van der Waals surface area contributed by atoms with E-state index >= 15 is 0 Å². The molecule has 0 atom stereocenters. The molecule has 0 bridgehead atoms.